The van der Waals surface area contributed by atoms with E-state index >= 15 is 0 Å². The second-order valence-corrected chi connectivity index (χ2v) is 5.10. The summed E-state index contributed by atoms with van der Waals surface area (Å²) in [4.78, 5) is 0. The summed E-state index contributed by atoms with van der Waals surface area (Å²) in [6, 6.07) is 9.65. The third-order valence-electron chi connectivity index (χ3n) is 2.98. The largest absolute Gasteiger partial charge is 0.496 e. The second kappa shape index (κ2) is 6.24. The topological polar surface area (TPSA) is 38.7 Å². The van der Waals surface area contributed by atoms with Crippen LogP contribution in [0.15, 0.2) is 40.9 Å². The first-order valence-corrected chi connectivity index (χ1v) is 6.71. The predicted molar refractivity (Wildman–Crippen MR) is 77.7 cm³/mol. The van der Waals surface area contributed by atoms with Gasteiger partial charge >= 0.3 is 0 Å². The third kappa shape index (κ3) is 2.94. The van der Waals surface area contributed by atoms with Crippen molar-refractivity contribution in [3.8, 4) is 11.5 Å². The normalized spacial score (nSPS) is 12.1. The van der Waals surface area contributed by atoms with Gasteiger partial charge in [0.1, 0.15) is 11.9 Å². The number of hydrogen-bond acceptors (Lipinski definition) is 3. The van der Waals surface area contributed by atoms with Crippen molar-refractivity contribution in [1.82, 2.24) is 0 Å². The third-order valence-corrected chi connectivity index (χ3v) is 3.47. The lowest BCUT2D eigenvalue weighted by Gasteiger charge is -2.16. The Bertz CT molecular complexity index is 616. The molecule has 0 fully saturated rings. The van der Waals surface area contributed by atoms with E-state index in [0.717, 1.165) is 4.47 Å². The maximum Gasteiger partial charge on any atom is 0.165 e. The predicted octanol–water partition coefficient (Wildman–Crippen LogP) is 3.69. The van der Waals surface area contributed by atoms with Crippen LogP contribution in [0.2, 0.25) is 0 Å². The van der Waals surface area contributed by atoms with Crippen LogP contribution >= 0.6 is 15.9 Å². The van der Waals surface area contributed by atoms with Gasteiger partial charge in [0.05, 0.1) is 14.2 Å². The summed E-state index contributed by atoms with van der Waals surface area (Å²) in [6.07, 6.45) is -0.983. The Kier molecular flexibility index (Phi) is 4.62. The molecule has 3 nitrogen and oxygen atoms in total. The van der Waals surface area contributed by atoms with E-state index < -0.39 is 11.9 Å². The number of hydrogen-bond donors (Lipinski definition) is 1. The summed E-state index contributed by atoms with van der Waals surface area (Å²) in [5.41, 5.74) is 0.992. The first-order chi connectivity index (χ1) is 9.56. The quantitative estimate of drug-likeness (QED) is 0.922. The summed E-state index contributed by atoms with van der Waals surface area (Å²) < 4.78 is 24.6. The summed E-state index contributed by atoms with van der Waals surface area (Å²) in [5.74, 6) is 0.164. The lowest BCUT2D eigenvalue weighted by molar-refractivity contribution is 0.214. The van der Waals surface area contributed by atoms with Gasteiger partial charge in [-0.3, -0.25) is 0 Å². The fourth-order valence-corrected chi connectivity index (χ4v) is 2.33. The first-order valence-electron chi connectivity index (χ1n) is 5.91. The van der Waals surface area contributed by atoms with E-state index in [4.69, 9.17) is 9.47 Å². The van der Waals surface area contributed by atoms with E-state index in [2.05, 4.69) is 15.9 Å². The van der Waals surface area contributed by atoms with E-state index in [0.29, 0.717) is 16.9 Å². The maximum absolute atomic E-state index is 13.7. The Morgan fingerprint density at radius 3 is 2.30 bits per heavy atom. The molecule has 0 saturated heterocycles. The molecule has 1 N–H and O–H groups in total. The Labute approximate surface area is 125 Å². The fraction of sp³-hybridized carbons (Fsp3) is 0.200. The highest BCUT2D eigenvalue weighted by Crippen LogP contribution is 2.33. The van der Waals surface area contributed by atoms with Gasteiger partial charge in [-0.1, -0.05) is 22.0 Å². The SMILES string of the molecule is COc1ccc(C(O)c2cc(Br)ccc2OC)cc1F. The van der Waals surface area contributed by atoms with Crippen LogP contribution in [0.1, 0.15) is 17.2 Å². The van der Waals surface area contributed by atoms with Gasteiger partial charge in [0, 0.05) is 10.0 Å². The van der Waals surface area contributed by atoms with Crippen molar-refractivity contribution >= 4 is 15.9 Å². The maximum atomic E-state index is 13.7. The summed E-state index contributed by atoms with van der Waals surface area (Å²) in [5, 5.41) is 10.4. The van der Waals surface area contributed by atoms with Crippen molar-refractivity contribution in [2.75, 3.05) is 14.2 Å². The molecule has 2 aromatic carbocycles. The van der Waals surface area contributed by atoms with Crippen molar-refractivity contribution in [1.29, 1.82) is 0 Å². The van der Waals surface area contributed by atoms with Gasteiger partial charge in [-0.25, -0.2) is 4.39 Å². The van der Waals surface area contributed by atoms with E-state index in [1.807, 2.05) is 6.07 Å². The zero-order valence-corrected chi connectivity index (χ0v) is 12.6. The van der Waals surface area contributed by atoms with Crippen molar-refractivity contribution in [2.24, 2.45) is 0 Å². The Morgan fingerprint density at radius 1 is 1.05 bits per heavy atom. The molecule has 0 bridgehead atoms. The van der Waals surface area contributed by atoms with Gasteiger partial charge in [-0.05, 0) is 35.9 Å². The van der Waals surface area contributed by atoms with E-state index in [1.165, 1.54) is 26.4 Å². The number of rotatable bonds is 4. The minimum Gasteiger partial charge on any atom is -0.496 e. The summed E-state index contributed by atoms with van der Waals surface area (Å²) in [7, 11) is 2.92. The molecule has 0 aromatic heterocycles. The molecular weight excluding hydrogens is 327 g/mol. The van der Waals surface area contributed by atoms with Gasteiger partial charge in [0.25, 0.3) is 0 Å². The van der Waals surface area contributed by atoms with Crippen molar-refractivity contribution in [2.45, 2.75) is 6.10 Å². The first kappa shape index (κ1) is 14.8. The van der Waals surface area contributed by atoms with E-state index in [-0.39, 0.29) is 5.75 Å². The molecule has 2 rings (SSSR count). The monoisotopic (exact) mass is 340 g/mol. The molecule has 1 unspecified atom stereocenters. The summed E-state index contributed by atoms with van der Waals surface area (Å²) >= 11 is 3.34. The lowest BCUT2D eigenvalue weighted by Crippen LogP contribution is -2.03. The average molecular weight is 341 g/mol. The molecule has 0 aliphatic heterocycles. The highest BCUT2D eigenvalue weighted by Gasteiger charge is 2.17. The number of aliphatic hydroxyl groups excluding tert-OH is 1. The van der Waals surface area contributed by atoms with Gasteiger partial charge < -0.3 is 14.6 Å². The second-order valence-electron chi connectivity index (χ2n) is 4.18. The Morgan fingerprint density at radius 2 is 1.70 bits per heavy atom. The van der Waals surface area contributed by atoms with Crippen molar-refractivity contribution in [3.63, 3.8) is 0 Å². The molecule has 0 aliphatic carbocycles. The average Bonchev–Trinajstić information content (AvgIpc) is 2.46. The van der Waals surface area contributed by atoms with E-state index in [9.17, 15) is 9.50 Å². The Balaban J connectivity index is 2.43. The number of benzene rings is 2. The van der Waals surface area contributed by atoms with Crippen LogP contribution in [0.25, 0.3) is 0 Å². The molecule has 0 amide bonds. The van der Waals surface area contributed by atoms with E-state index in [1.54, 1.807) is 18.2 Å². The van der Waals surface area contributed by atoms with Crippen molar-refractivity contribution in [3.05, 3.63) is 57.8 Å². The van der Waals surface area contributed by atoms with Crippen LogP contribution in [0.5, 0.6) is 11.5 Å². The van der Waals surface area contributed by atoms with Crippen LogP contribution in [-0.2, 0) is 0 Å². The van der Waals surface area contributed by atoms with Crippen molar-refractivity contribution < 1.29 is 19.0 Å². The molecule has 2 aromatic rings. The zero-order chi connectivity index (χ0) is 14.7. The molecular formula is C15H14BrFO3. The van der Waals surface area contributed by atoms with Gasteiger partial charge in [-0.15, -0.1) is 0 Å². The van der Waals surface area contributed by atoms with Gasteiger partial charge in [0.15, 0.2) is 11.6 Å². The lowest BCUT2D eigenvalue weighted by atomic mass is 10.0. The number of aliphatic hydroxyl groups is 1. The van der Waals surface area contributed by atoms with Crippen LogP contribution in [0.4, 0.5) is 4.39 Å². The molecule has 1 atom stereocenters. The number of ether oxygens (including phenoxy) is 2. The van der Waals surface area contributed by atoms with Crippen LogP contribution in [0, 0.1) is 5.82 Å². The minimum absolute atomic E-state index is 0.141. The smallest absolute Gasteiger partial charge is 0.165 e. The summed E-state index contributed by atoms with van der Waals surface area (Å²) in [6.45, 7) is 0. The highest BCUT2D eigenvalue weighted by atomic mass is 79.9. The molecule has 0 spiro atoms. The fourth-order valence-electron chi connectivity index (χ4n) is 1.95. The zero-order valence-electron chi connectivity index (χ0n) is 11.1. The molecule has 0 radical (unpaired) electrons. The van der Waals surface area contributed by atoms with Gasteiger partial charge in [0.2, 0.25) is 0 Å². The molecule has 5 heteroatoms. The van der Waals surface area contributed by atoms with Gasteiger partial charge in [-0.2, -0.15) is 0 Å². The number of halogens is 2. The minimum atomic E-state index is -0.983. The molecule has 106 valence electrons. The molecule has 0 saturated carbocycles. The Hall–Kier alpha value is -1.59. The van der Waals surface area contributed by atoms with Crippen LogP contribution in [-0.4, -0.2) is 19.3 Å². The van der Waals surface area contributed by atoms with Crippen LogP contribution in [0.3, 0.4) is 0 Å². The molecule has 0 heterocycles. The van der Waals surface area contributed by atoms with Crippen LogP contribution < -0.4 is 9.47 Å². The molecule has 0 aliphatic rings. The number of methoxy groups -OCH3 is 2. The highest BCUT2D eigenvalue weighted by molar-refractivity contribution is 9.10. The standard InChI is InChI=1S/C15H14BrFO3/c1-19-13-6-4-10(16)8-11(13)15(18)9-3-5-14(20-2)12(17)7-9/h3-8,15,18H,1-2H3. The molecule has 20 heavy (non-hydrogen) atoms.